The first-order valence-electron chi connectivity index (χ1n) is 10.8. The van der Waals surface area contributed by atoms with Gasteiger partial charge in [0.2, 0.25) is 0 Å². The van der Waals surface area contributed by atoms with Crippen LogP contribution in [0.4, 0.5) is 5.82 Å². The predicted octanol–water partition coefficient (Wildman–Crippen LogP) is 2.34. The number of nitrogens with zero attached hydrogens (tertiary/aromatic N) is 4. The van der Waals surface area contributed by atoms with E-state index in [2.05, 4.69) is 20.2 Å². The second-order valence-electron chi connectivity index (χ2n) is 8.20. The molecular weight excluding hydrogens is 422 g/mol. The summed E-state index contributed by atoms with van der Waals surface area (Å²) >= 11 is 0. The fourth-order valence-electron chi connectivity index (χ4n) is 4.41. The number of anilines is 1. The van der Waals surface area contributed by atoms with E-state index in [0.717, 1.165) is 41.1 Å². The highest BCUT2D eigenvalue weighted by Gasteiger charge is 2.23. The monoisotopic (exact) mass is 443 g/mol. The average molecular weight is 443 g/mol. The van der Waals surface area contributed by atoms with Crippen molar-refractivity contribution < 1.29 is 14.3 Å². The molecule has 166 valence electrons. The van der Waals surface area contributed by atoms with Crippen LogP contribution in [0.1, 0.15) is 21.5 Å². The molecule has 0 amide bonds. The first-order valence-corrected chi connectivity index (χ1v) is 10.8. The first kappa shape index (κ1) is 19.7. The number of rotatable bonds is 4. The highest BCUT2D eigenvalue weighted by molar-refractivity contribution is 5.93. The summed E-state index contributed by atoms with van der Waals surface area (Å²) in [5, 5.41) is 9.15. The second kappa shape index (κ2) is 7.86. The van der Waals surface area contributed by atoms with Crippen molar-refractivity contribution >= 4 is 22.7 Å². The zero-order valence-electron chi connectivity index (χ0n) is 17.8. The van der Waals surface area contributed by atoms with Gasteiger partial charge in [0.25, 0.3) is 0 Å². The minimum Gasteiger partial charge on any atom is -0.457 e. The Hall–Kier alpha value is -3.98. The number of hydrogen-bond donors (Lipinski definition) is 1. The number of carbonyl (C=O) groups excluding carboxylic acids is 1. The maximum absolute atomic E-state index is 12.8. The molecule has 33 heavy (non-hydrogen) atoms. The van der Waals surface area contributed by atoms with Crippen molar-refractivity contribution in [3.63, 3.8) is 0 Å². The van der Waals surface area contributed by atoms with Crippen LogP contribution in [-0.2, 0) is 22.6 Å². The van der Waals surface area contributed by atoms with E-state index in [-0.39, 0.29) is 18.0 Å². The summed E-state index contributed by atoms with van der Waals surface area (Å²) < 4.78 is 12.3. The molecule has 9 nitrogen and oxygen atoms in total. The summed E-state index contributed by atoms with van der Waals surface area (Å²) in [6.45, 7) is 3.59. The molecule has 0 bridgehead atoms. The van der Waals surface area contributed by atoms with Crippen LogP contribution in [0.25, 0.3) is 22.2 Å². The van der Waals surface area contributed by atoms with E-state index in [1.54, 1.807) is 16.8 Å². The number of aromatic amines is 1. The molecule has 2 aliphatic rings. The molecule has 4 aromatic rings. The fourth-order valence-corrected chi connectivity index (χ4v) is 4.41. The minimum absolute atomic E-state index is 0.0380. The lowest BCUT2D eigenvalue weighted by atomic mass is 10.0. The van der Waals surface area contributed by atoms with Gasteiger partial charge in [0, 0.05) is 35.7 Å². The van der Waals surface area contributed by atoms with Crippen molar-refractivity contribution in [2.24, 2.45) is 0 Å². The Balaban J connectivity index is 1.28. The van der Waals surface area contributed by atoms with E-state index >= 15 is 0 Å². The molecule has 0 unspecified atom stereocenters. The molecule has 0 spiro atoms. The number of fused-ring (bicyclic) bond motifs is 2. The molecule has 2 aromatic carbocycles. The van der Waals surface area contributed by atoms with Crippen molar-refractivity contribution in [1.82, 2.24) is 20.0 Å². The van der Waals surface area contributed by atoms with Crippen molar-refractivity contribution in [1.29, 1.82) is 0 Å². The van der Waals surface area contributed by atoms with Crippen molar-refractivity contribution in [2.45, 2.75) is 13.2 Å². The van der Waals surface area contributed by atoms with Crippen LogP contribution in [0.2, 0.25) is 0 Å². The van der Waals surface area contributed by atoms with Gasteiger partial charge in [0.05, 0.1) is 37.0 Å². The van der Waals surface area contributed by atoms with Crippen LogP contribution in [0.5, 0.6) is 0 Å². The Labute approximate surface area is 188 Å². The molecule has 9 heteroatoms. The molecule has 1 fully saturated rings. The van der Waals surface area contributed by atoms with E-state index in [4.69, 9.17) is 9.47 Å². The Bertz CT molecular complexity index is 1430. The summed E-state index contributed by atoms with van der Waals surface area (Å²) in [4.78, 5) is 30.2. The number of nitrogens with one attached hydrogen (secondary N) is 1. The van der Waals surface area contributed by atoms with Gasteiger partial charge in [-0.3, -0.25) is 4.79 Å². The maximum Gasteiger partial charge on any atom is 0.338 e. The van der Waals surface area contributed by atoms with Gasteiger partial charge < -0.3 is 19.4 Å². The van der Waals surface area contributed by atoms with Gasteiger partial charge in [-0.2, -0.15) is 0 Å². The first-order chi connectivity index (χ1) is 16.2. The van der Waals surface area contributed by atoms with Crippen molar-refractivity contribution in [2.75, 3.05) is 31.2 Å². The standard InChI is InChI=1S/C24H21N5O4/c30-22-11-23(28-6-8-32-9-7-28)25-20-5-4-15(10-18(20)22)21-13-29(27-26-21)12-16-2-1-3-17-19(16)14-33-24(17)31/h1-5,10-11,13H,6-9,12,14H2,(H,25,30). The lowest BCUT2D eigenvalue weighted by Crippen LogP contribution is -2.37. The Kier molecular flexibility index (Phi) is 4.69. The third kappa shape index (κ3) is 3.56. The lowest BCUT2D eigenvalue weighted by Gasteiger charge is -2.28. The van der Waals surface area contributed by atoms with Crippen molar-refractivity contribution in [3.05, 3.63) is 75.6 Å². The van der Waals surface area contributed by atoms with Crippen LogP contribution in [0.15, 0.2) is 53.5 Å². The molecule has 2 aliphatic heterocycles. The zero-order valence-corrected chi connectivity index (χ0v) is 17.8. The summed E-state index contributed by atoms with van der Waals surface area (Å²) in [7, 11) is 0. The summed E-state index contributed by atoms with van der Waals surface area (Å²) in [5.74, 6) is 0.525. The number of aromatic nitrogens is 4. The number of ether oxygens (including phenoxy) is 2. The van der Waals surface area contributed by atoms with Crippen molar-refractivity contribution in [3.8, 4) is 11.3 Å². The number of pyridine rings is 1. The average Bonchev–Trinajstić information content (AvgIpc) is 3.47. The number of hydrogen-bond acceptors (Lipinski definition) is 7. The number of H-pyrrole nitrogens is 1. The van der Waals surface area contributed by atoms with Crippen LogP contribution in [-0.4, -0.2) is 52.3 Å². The topological polar surface area (TPSA) is 102 Å². The van der Waals surface area contributed by atoms with Gasteiger partial charge >= 0.3 is 5.97 Å². The Morgan fingerprint density at radius 1 is 1.06 bits per heavy atom. The zero-order chi connectivity index (χ0) is 22.4. The van der Waals surface area contributed by atoms with E-state index < -0.39 is 0 Å². The van der Waals surface area contributed by atoms with Gasteiger partial charge in [-0.15, -0.1) is 5.10 Å². The second-order valence-corrected chi connectivity index (χ2v) is 8.20. The molecule has 2 aromatic heterocycles. The van der Waals surface area contributed by atoms with E-state index in [0.29, 0.717) is 36.4 Å². The molecule has 0 saturated carbocycles. The fraction of sp³-hybridized carbons (Fsp3) is 0.250. The summed E-state index contributed by atoms with van der Waals surface area (Å²) in [6, 6.07) is 12.9. The number of esters is 1. The smallest absolute Gasteiger partial charge is 0.338 e. The Morgan fingerprint density at radius 2 is 1.94 bits per heavy atom. The minimum atomic E-state index is -0.288. The van der Waals surface area contributed by atoms with Gasteiger partial charge in [-0.05, 0) is 23.8 Å². The molecule has 0 atom stereocenters. The van der Waals surface area contributed by atoms with Crippen LogP contribution in [0.3, 0.4) is 0 Å². The molecule has 4 heterocycles. The number of morpholine rings is 1. The van der Waals surface area contributed by atoms with Gasteiger partial charge in [-0.25, -0.2) is 9.48 Å². The van der Waals surface area contributed by atoms with Gasteiger partial charge in [0.1, 0.15) is 18.1 Å². The van der Waals surface area contributed by atoms with Crippen LogP contribution in [0, 0.1) is 0 Å². The molecule has 1 N–H and O–H groups in total. The largest absolute Gasteiger partial charge is 0.457 e. The van der Waals surface area contributed by atoms with E-state index in [1.165, 1.54) is 0 Å². The molecule has 1 saturated heterocycles. The highest BCUT2D eigenvalue weighted by Crippen LogP contribution is 2.25. The highest BCUT2D eigenvalue weighted by atomic mass is 16.5. The maximum atomic E-state index is 12.8. The molecule has 0 radical (unpaired) electrons. The summed E-state index contributed by atoms with van der Waals surface area (Å²) in [5.41, 5.74) is 4.71. The normalized spacial score (nSPS) is 15.6. The van der Waals surface area contributed by atoms with Gasteiger partial charge in [0.15, 0.2) is 5.43 Å². The van der Waals surface area contributed by atoms with E-state index in [9.17, 15) is 9.59 Å². The van der Waals surface area contributed by atoms with Crippen LogP contribution < -0.4 is 10.3 Å². The van der Waals surface area contributed by atoms with E-state index in [1.807, 2.05) is 36.5 Å². The quantitative estimate of drug-likeness (QED) is 0.483. The molecule has 0 aliphatic carbocycles. The predicted molar refractivity (Wildman–Crippen MR) is 121 cm³/mol. The number of benzene rings is 2. The van der Waals surface area contributed by atoms with Gasteiger partial charge in [-0.1, -0.05) is 23.4 Å². The summed E-state index contributed by atoms with van der Waals surface area (Å²) in [6.07, 6.45) is 1.84. The number of carbonyl (C=O) groups is 1. The Morgan fingerprint density at radius 3 is 2.82 bits per heavy atom. The molecular formula is C24H21N5O4. The lowest BCUT2D eigenvalue weighted by molar-refractivity contribution is 0.0534. The third-order valence-corrected chi connectivity index (χ3v) is 6.17. The number of cyclic esters (lactones) is 1. The third-order valence-electron chi connectivity index (χ3n) is 6.17. The van der Waals surface area contributed by atoms with Crippen LogP contribution >= 0.6 is 0 Å². The molecule has 6 rings (SSSR count). The SMILES string of the molecule is O=C1OCc2c(Cn3cc(-c4ccc5[nH]c(N6CCOCC6)cc(=O)c5c4)nn3)cccc21.